The molecule has 21 heavy (non-hydrogen) atoms. The lowest BCUT2D eigenvalue weighted by atomic mass is 10.2. The highest BCUT2D eigenvalue weighted by atomic mass is 32.1. The van der Waals surface area contributed by atoms with E-state index in [1.165, 1.54) is 0 Å². The molecular formula is C14H15N3O3S. The Morgan fingerprint density at radius 1 is 1.33 bits per heavy atom. The lowest BCUT2D eigenvalue weighted by Gasteiger charge is -2.06. The molecule has 1 aromatic carbocycles. The lowest BCUT2D eigenvalue weighted by molar-refractivity contribution is -0.124. The first kappa shape index (κ1) is 15.0. The molecule has 0 spiro atoms. The van der Waals surface area contributed by atoms with Gasteiger partial charge < -0.3 is 15.8 Å². The van der Waals surface area contributed by atoms with Gasteiger partial charge in [0.05, 0.1) is 5.69 Å². The van der Waals surface area contributed by atoms with Crippen LogP contribution in [-0.4, -0.2) is 22.9 Å². The van der Waals surface area contributed by atoms with Crippen LogP contribution in [0.25, 0.3) is 0 Å². The number of amides is 1. The molecule has 7 heteroatoms. The van der Waals surface area contributed by atoms with E-state index in [4.69, 9.17) is 10.5 Å². The van der Waals surface area contributed by atoms with Gasteiger partial charge in [-0.2, -0.15) is 4.37 Å². The van der Waals surface area contributed by atoms with Gasteiger partial charge in [0.2, 0.25) is 0 Å². The summed E-state index contributed by atoms with van der Waals surface area (Å²) in [5.74, 6) is -1.000. The van der Waals surface area contributed by atoms with Gasteiger partial charge in [-0.25, -0.2) is 4.79 Å². The number of ether oxygens (including phenoxy) is 1. The predicted octanol–water partition coefficient (Wildman–Crippen LogP) is 1.51. The number of anilines is 1. The Morgan fingerprint density at radius 3 is 2.67 bits per heavy atom. The van der Waals surface area contributed by atoms with Crippen LogP contribution in [0.2, 0.25) is 0 Å². The summed E-state index contributed by atoms with van der Waals surface area (Å²) in [4.78, 5) is 23.4. The molecule has 2 rings (SSSR count). The number of hydrogen-bond acceptors (Lipinski definition) is 6. The number of nitrogen functional groups attached to an aromatic ring is 1. The van der Waals surface area contributed by atoms with Crippen molar-refractivity contribution in [2.24, 2.45) is 0 Å². The van der Waals surface area contributed by atoms with Gasteiger partial charge >= 0.3 is 5.97 Å². The molecule has 0 saturated heterocycles. The number of benzene rings is 1. The van der Waals surface area contributed by atoms with Crippen molar-refractivity contribution < 1.29 is 14.3 Å². The van der Waals surface area contributed by atoms with Crippen LogP contribution in [0.5, 0.6) is 0 Å². The minimum Gasteiger partial charge on any atom is -0.452 e. The number of carbonyl (C=O) groups excluding carboxylic acids is 2. The maximum atomic E-state index is 11.8. The van der Waals surface area contributed by atoms with Crippen LogP contribution >= 0.6 is 11.5 Å². The highest BCUT2D eigenvalue weighted by molar-refractivity contribution is 7.10. The fraction of sp³-hybridized carbons (Fsp3) is 0.214. The molecule has 3 N–H and O–H groups in total. The molecule has 0 unspecified atom stereocenters. The van der Waals surface area contributed by atoms with Crippen LogP contribution in [-0.2, 0) is 16.1 Å². The molecule has 110 valence electrons. The number of aryl methyl sites for hydroxylation is 1. The molecule has 0 saturated carbocycles. The fourth-order valence-electron chi connectivity index (χ4n) is 1.69. The molecule has 2 aromatic rings. The molecule has 1 amide bonds. The monoisotopic (exact) mass is 305 g/mol. The second-order valence-electron chi connectivity index (χ2n) is 4.35. The Kier molecular flexibility index (Phi) is 4.89. The Morgan fingerprint density at radius 2 is 2.05 bits per heavy atom. The van der Waals surface area contributed by atoms with Crippen LogP contribution in [0, 0.1) is 6.92 Å². The van der Waals surface area contributed by atoms with Crippen LogP contribution in [0.15, 0.2) is 30.3 Å². The maximum absolute atomic E-state index is 11.8. The van der Waals surface area contributed by atoms with Crippen molar-refractivity contribution in [3.05, 3.63) is 47.2 Å². The third-order valence-electron chi connectivity index (χ3n) is 2.76. The van der Waals surface area contributed by atoms with Crippen molar-refractivity contribution in [3.63, 3.8) is 0 Å². The standard InChI is InChI=1S/C14H15N3O3S/c1-9-12(13(15)21-17-9)14(19)20-8-11(18)16-7-10-5-3-2-4-6-10/h2-6H,7-8,15H2,1H3,(H,16,18). The van der Waals surface area contributed by atoms with Gasteiger partial charge in [-0.3, -0.25) is 4.79 Å². The molecular weight excluding hydrogens is 290 g/mol. The van der Waals surface area contributed by atoms with E-state index in [1.54, 1.807) is 6.92 Å². The Bertz CT molecular complexity index is 621. The van der Waals surface area contributed by atoms with Crippen molar-refractivity contribution in [1.29, 1.82) is 0 Å². The number of aromatic nitrogens is 1. The number of nitrogens with two attached hydrogens (primary N) is 1. The summed E-state index contributed by atoms with van der Waals surface area (Å²) < 4.78 is 8.89. The van der Waals surface area contributed by atoms with E-state index in [0.717, 1.165) is 17.1 Å². The molecule has 6 nitrogen and oxygen atoms in total. The van der Waals surface area contributed by atoms with Gasteiger partial charge in [0.25, 0.3) is 5.91 Å². The van der Waals surface area contributed by atoms with E-state index < -0.39 is 5.97 Å². The van der Waals surface area contributed by atoms with Crippen molar-refractivity contribution in [2.75, 3.05) is 12.3 Å². The quantitative estimate of drug-likeness (QED) is 0.817. The predicted molar refractivity (Wildman–Crippen MR) is 79.8 cm³/mol. The number of nitrogens with zero attached hydrogens (tertiary/aromatic N) is 1. The molecule has 0 fully saturated rings. The molecule has 0 bridgehead atoms. The normalized spacial score (nSPS) is 10.1. The number of nitrogens with one attached hydrogen (secondary N) is 1. The van der Waals surface area contributed by atoms with E-state index >= 15 is 0 Å². The zero-order chi connectivity index (χ0) is 15.2. The summed E-state index contributed by atoms with van der Waals surface area (Å²) in [7, 11) is 0. The molecule has 0 aliphatic rings. The summed E-state index contributed by atoms with van der Waals surface area (Å²) in [5.41, 5.74) is 7.35. The second kappa shape index (κ2) is 6.85. The van der Waals surface area contributed by atoms with Gasteiger partial charge in [0.15, 0.2) is 6.61 Å². The van der Waals surface area contributed by atoms with Crippen LogP contribution in [0.3, 0.4) is 0 Å². The second-order valence-corrected chi connectivity index (χ2v) is 5.15. The van der Waals surface area contributed by atoms with Crippen LogP contribution < -0.4 is 11.1 Å². The van der Waals surface area contributed by atoms with Gasteiger partial charge in [0, 0.05) is 6.54 Å². The Hall–Kier alpha value is -2.41. The van der Waals surface area contributed by atoms with Crippen molar-refractivity contribution in [2.45, 2.75) is 13.5 Å². The number of esters is 1. The zero-order valence-electron chi connectivity index (χ0n) is 11.5. The Labute approximate surface area is 126 Å². The van der Waals surface area contributed by atoms with Crippen molar-refractivity contribution >= 4 is 28.4 Å². The third kappa shape index (κ3) is 4.03. The fourth-order valence-corrected chi connectivity index (χ4v) is 2.34. The molecule has 1 aromatic heterocycles. The average Bonchev–Trinajstić information content (AvgIpc) is 2.83. The third-order valence-corrected chi connectivity index (χ3v) is 3.53. The van der Waals surface area contributed by atoms with Crippen molar-refractivity contribution in [1.82, 2.24) is 9.69 Å². The van der Waals surface area contributed by atoms with Gasteiger partial charge in [0.1, 0.15) is 10.6 Å². The highest BCUT2D eigenvalue weighted by Crippen LogP contribution is 2.21. The van der Waals surface area contributed by atoms with Crippen LogP contribution in [0.1, 0.15) is 21.6 Å². The van der Waals surface area contributed by atoms with Gasteiger partial charge in [-0.15, -0.1) is 0 Å². The smallest absolute Gasteiger partial charge is 0.343 e. The maximum Gasteiger partial charge on any atom is 0.343 e. The average molecular weight is 305 g/mol. The summed E-state index contributed by atoms with van der Waals surface area (Å²) in [6.45, 7) is 1.71. The number of hydrogen-bond donors (Lipinski definition) is 2. The van der Waals surface area contributed by atoms with Crippen LogP contribution in [0.4, 0.5) is 5.00 Å². The summed E-state index contributed by atoms with van der Waals surface area (Å²) >= 11 is 1.03. The summed E-state index contributed by atoms with van der Waals surface area (Å²) in [6.07, 6.45) is 0. The molecule has 0 atom stereocenters. The minimum absolute atomic E-state index is 0.232. The topological polar surface area (TPSA) is 94.3 Å². The first-order valence-corrected chi connectivity index (χ1v) is 7.04. The van der Waals surface area contributed by atoms with E-state index in [-0.39, 0.29) is 18.1 Å². The van der Waals surface area contributed by atoms with E-state index in [0.29, 0.717) is 17.2 Å². The van der Waals surface area contributed by atoms with E-state index in [1.807, 2.05) is 30.3 Å². The first-order valence-electron chi connectivity index (χ1n) is 6.27. The molecule has 1 heterocycles. The lowest BCUT2D eigenvalue weighted by Crippen LogP contribution is -2.28. The molecule has 0 radical (unpaired) electrons. The Balaban J connectivity index is 1.80. The summed E-state index contributed by atoms with van der Waals surface area (Å²) in [5, 5.41) is 2.96. The molecule has 0 aliphatic carbocycles. The zero-order valence-corrected chi connectivity index (χ0v) is 12.3. The minimum atomic E-state index is -0.631. The van der Waals surface area contributed by atoms with Gasteiger partial charge in [-0.05, 0) is 24.0 Å². The highest BCUT2D eigenvalue weighted by Gasteiger charge is 2.18. The van der Waals surface area contributed by atoms with Crippen molar-refractivity contribution in [3.8, 4) is 0 Å². The number of rotatable bonds is 5. The largest absolute Gasteiger partial charge is 0.452 e. The number of carbonyl (C=O) groups is 2. The SMILES string of the molecule is Cc1nsc(N)c1C(=O)OCC(=O)NCc1ccccc1. The first-order chi connectivity index (χ1) is 10.1. The summed E-state index contributed by atoms with van der Waals surface area (Å²) in [6, 6.07) is 9.46. The van der Waals surface area contributed by atoms with E-state index in [2.05, 4.69) is 9.69 Å². The van der Waals surface area contributed by atoms with Gasteiger partial charge in [-0.1, -0.05) is 30.3 Å². The molecule has 0 aliphatic heterocycles. The van der Waals surface area contributed by atoms with E-state index in [9.17, 15) is 9.59 Å².